The van der Waals surface area contributed by atoms with E-state index in [1.54, 1.807) is 0 Å². The van der Waals surface area contributed by atoms with Gasteiger partial charge in [0.2, 0.25) is 0 Å². The van der Waals surface area contributed by atoms with Crippen molar-refractivity contribution in [3.8, 4) is 158 Å². The normalized spacial score (nSPS) is 14.0. The molecule has 17 aromatic carbocycles. The van der Waals surface area contributed by atoms with Crippen molar-refractivity contribution in [1.82, 2.24) is 19.9 Å². The van der Waals surface area contributed by atoms with Gasteiger partial charge in [-0.05, 0) is 142 Å². The van der Waals surface area contributed by atoms with Crippen LogP contribution in [-0.2, 0) is 10.8 Å². The third kappa shape index (κ3) is 9.87. The summed E-state index contributed by atoms with van der Waals surface area (Å²) in [5.41, 5.74) is 30.6. The Bertz CT molecular complexity index is 7150. The maximum absolute atomic E-state index is 7.36. The van der Waals surface area contributed by atoms with E-state index < -0.39 is 10.8 Å². The van der Waals surface area contributed by atoms with Crippen LogP contribution in [0.3, 0.4) is 0 Å². The number of ether oxygens (including phenoxy) is 2. The fourth-order valence-electron chi connectivity index (χ4n) is 19.2. The second-order valence-electron chi connectivity index (χ2n) is 30.1. The summed E-state index contributed by atoms with van der Waals surface area (Å²) >= 11 is 0. The van der Waals surface area contributed by atoms with Crippen LogP contribution in [0, 0.1) is 0 Å². The summed E-state index contributed by atoms with van der Waals surface area (Å²) in [5, 5.41) is 4.50. The molecule has 0 bridgehead atoms. The molecule has 4 aliphatic rings. The van der Waals surface area contributed by atoms with Crippen LogP contribution in [0.1, 0.15) is 44.5 Å². The molecule has 4 heterocycles. The maximum Gasteiger partial charge on any atom is 0.160 e. The smallest absolute Gasteiger partial charge is 0.160 e. The minimum Gasteiger partial charge on any atom is -0.456 e. The largest absolute Gasteiger partial charge is 0.456 e. The van der Waals surface area contributed by atoms with Crippen LogP contribution in [0.25, 0.3) is 156 Å². The van der Waals surface area contributed by atoms with Crippen molar-refractivity contribution in [2.45, 2.75) is 10.8 Å². The molecule has 0 saturated heterocycles. The molecule has 1 atom stereocenters. The predicted molar refractivity (Wildman–Crippen MR) is 462 cm³/mol. The minimum absolute atomic E-state index is 0.592. The highest BCUT2D eigenvalue weighted by Crippen LogP contribution is 2.66. The molecule has 0 saturated carbocycles. The van der Waals surface area contributed by atoms with Gasteiger partial charge >= 0.3 is 0 Å². The van der Waals surface area contributed by atoms with E-state index in [1.807, 2.05) is 6.07 Å². The Hall–Kier alpha value is -15.0. The molecule has 1 unspecified atom stereocenters. The molecule has 23 rings (SSSR count). The lowest BCUT2D eigenvalue weighted by Gasteiger charge is -2.40. The van der Waals surface area contributed by atoms with Gasteiger partial charge in [0.15, 0.2) is 11.6 Å². The van der Waals surface area contributed by atoms with Crippen LogP contribution in [0.4, 0.5) is 0 Å². The van der Waals surface area contributed by atoms with Crippen LogP contribution in [0.5, 0.6) is 23.0 Å². The average molecular weight is 1450 g/mol. The van der Waals surface area contributed by atoms with Crippen molar-refractivity contribution in [3.05, 3.63) is 445 Å². The number of hydrogen-bond acceptors (Lipinski definition) is 6. The van der Waals surface area contributed by atoms with E-state index in [-0.39, 0.29) is 0 Å². The highest BCUT2D eigenvalue weighted by Gasteiger charge is 2.53. The summed E-state index contributed by atoms with van der Waals surface area (Å²) < 4.78 is 14.5. The lowest BCUT2D eigenvalue weighted by Crippen LogP contribution is -2.32. The molecule has 2 aliphatic carbocycles. The van der Waals surface area contributed by atoms with Gasteiger partial charge in [-0.1, -0.05) is 358 Å². The van der Waals surface area contributed by atoms with Gasteiger partial charge < -0.3 is 9.47 Å². The van der Waals surface area contributed by atoms with Gasteiger partial charge in [0.25, 0.3) is 0 Å². The molecule has 2 aromatic heterocycles. The van der Waals surface area contributed by atoms with E-state index in [0.29, 0.717) is 11.6 Å². The van der Waals surface area contributed by atoms with Crippen molar-refractivity contribution in [3.63, 3.8) is 0 Å². The van der Waals surface area contributed by atoms with Gasteiger partial charge in [0, 0.05) is 66.8 Å². The van der Waals surface area contributed by atoms with E-state index in [1.165, 1.54) is 61.0 Å². The van der Waals surface area contributed by atoms with Gasteiger partial charge in [-0.25, -0.2) is 19.9 Å². The molecule has 0 N–H and O–H groups in total. The topological polar surface area (TPSA) is 70.0 Å². The third-order valence-corrected chi connectivity index (χ3v) is 24.1. The first kappa shape index (κ1) is 65.0. The first-order valence-electron chi connectivity index (χ1n) is 39.0. The quantitative estimate of drug-likeness (QED) is 0.136. The predicted octanol–water partition coefficient (Wildman–Crippen LogP) is 27.2. The zero-order valence-corrected chi connectivity index (χ0v) is 61.7. The van der Waals surface area contributed by atoms with Crippen molar-refractivity contribution >= 4 is 21.5 Å². The highest BCUT2D eigenvalue weighted by atomic mass is 16.5. The summed E-state index contributed by atoms with van der Waals surface area (Å²) in [5.74, 6) is 4.58. The number of rotatable bonds is 10. The zero-order chi connectivity index (χ0) is 75.0. The Morgan fingerprint density at radius 2 is 0.474 bits per heavy atom. The molecule has 2 aliphatic heterocycles. The van der Waals surface area contributed by atoms with E-state index in [4.69, 9.17) is 29.4 Å². The molecule has 0 amide bonds. The number of fused-ring (bicyclic) bond motifs is 20. The van der Waals surface area contributed by atoms with Crippen LogP contribution in [0.2, 0.25) is 0 Å². The summed E-state index contributed by atoms with van der Waals surface area (Å²) in [7, 11) is 0. The molecule has 6 nitrogen and oxygen atoms in total. The number of nitrogens with zero attached hydrogens (tertiary/aromatic N) is 4. The van der Waals surface area contributed by atoms with E-state index >= 15 is 0 Å². The van der Waals surface area contributed by atoms with Crippen molar-refractivity contribution in [2.24, 2.45) is 0 Å². The SMILES string of the molecule is c1ccc(-c2cc(-c3ccc(-c4ccccc4)c4ccccc34)nc(-c3cccc(-c4cccc5c4Oc4ccccc4C54c5ccccc5-c5cc(-c6cccc7c(-c8cc(-c9ccccc9)nc(-c9cccc(-c%10cccc%11c%10Oc%10ccccc%10C%11%10c%11ccccc%11-c%11ccccc%11%10)c9)n8)cccc67)ccc54)c3)n2)cc1. The zero-order valence-electron chi connectivity index (χ0n) is 61.7. The number of benzene rings is 17. The van der Waals surface area contributed by atoms with Gasteiger partial charge in [-0.3, -0.25) is 0 Å². The van der Waals surface area contributed by atoms with Gasteiger partial charge in [-0.2, -0.15) is 0 Å². The van der Waals surface area contributed by atoms with E-state index in [0.717, 1.165) is 151 Å². The lowest BCUT2D eigenvalue weighted by atomic mass is 9.65. The number of aromatic nitrogens is 4. The van der Waals surface area contributed by atoms with Crippen LogP contribution >= 0.6 is 0 Å². The monoisotopic (exact) mass is 1450 g/mol. The third-order valence-electron chi connectivity index (χ3n) is 24.1. The van der Waals surface area contributed by atoms with Crippen LogP contribution < -0.4 is 9.47 Å². The molecular weight excluding hydrogens is 1390 g/mol. The molecule has 2 spiro atoms. The maximum atomic E-state index is 7.36. The molecule has 0 fully saturated rings. The van der Waals surface area contributed by atoms with Crippen molar-refractivity contribution < 1.29 is 9.47 Å². The Morgan fingerprint density at radius 1 is 0.167 bits per heavy atom. The Labute approximate surface area is 660 Å². The Kier molecular flexibility index (Phi) is 14.7. The summed E-state index contributed by atoms with van der Waals surface area (Å²) in [4.78, 5) is 21.9. The van der Waals surface area contributed by atoms with Crippen molar-refractivity contribution in [2.75, 3.05) is 0 Å². The van der Waals surface area contributed by atoms with E-state index in [9.17, 15) is 0 Å². The van der Waals surface area contributed by atoms with Crippen LogP contribution in [-0.4, -0.2) is 19.9 Å². The highest BCUT2D eigenvalue weighted by molar-refractivity contribution is 6.07. The van der Waals surface area contributed by atoms with Gasteiger partial charge in [0.1, 0.15) is 23.0 Å². The molecular formula is C108H66N4O2. The molecule has 6 heteroatoms. The molecule has 19 aromatic rings. The molecule has 114 heavy (non-hydrogen) atoms. The first-order chi connectivity index (χ1) is 56.5. The minimum atomic E-state index is -0.742. The second kappa shape index (κ2) is 25.8. The van der Waals surface area contributed by atoms with Gasteiger partial charge in [-0.15, -0.1) is 0 Å². The van der Waals surface area contributed by atoms with Gasteiger partial charge in [0.05, 0.1) is 33.6 Å². The summed E-state index contributed by atoms with van der Waals surface area (Å²) in [6.45, 7) is 0. The summed E-state index contributed by atoms with van der Waals surface area (Å²) in [6.07, 6.45) is 0. The summed E-state index contributed by atoms with van der Waals surface area (Å²) in [6, 6.07) is 144. The van der Waals surface area contributed by atoms with Crippen LogP contribution in [0.15, 0.2) is 400 Å². The van der Waals surface area contributed by atoms with E-state index in [2.05, 4.69) is 394 Å². The van der Waals surface area contributed by atoms with Crippen molar-refractivity contribution in [1.29, 1.82) is 0 Å². The first-order valence-corrected chi connectivity index (χ1v) is 39.0. The fourth-order valence-corrected chi connectivity index (χ4v) is 19.2. The Balaban J connectivity index is 0.627. The average Bonchev–Trinajstić information content (AvgIpc) is 1.49. The molecule has 530 valence electrons. The Morgan fingerprint density at radius 3 is 0.982 bits per heavy atom. The standard InChI is InChI=1S/C108H66N4O2/c1-4-28-67(29-5-1)76-59-60-87(81-39-11-10-38-79(76)81)100-66-98(69-32-8-3-9-33-69)110-106(112-100)74-37-23-35-71(63-74)78-45-27-55-96-104(78)114-102-57-21-19-53-94(102)108(96)91-51-17-14-42-85(91)88-64-72(58-61-92(88)108)75-43-24-47-82-80(75)46-25-48-86(82)99-65-97(68-30-6-2-7-31-68)109-105(111-99)73-36-22-34-70(62-73)77-44-26-54-95-103(77)113-101-56-20-18-52-93(101)107(95)89-49-15-12-40-83(89)84-41-13-16-50-90(84)107/h1-66H. The second-order valence-corrected chi connectivity index (χ2v) is 30.1. The lowest BCUT2D eigenvalue weighted by molar-refractivity contribution is 0.438. The molecule has 0 radical (unpaired) electrons. The number of hydrogen-bond donors (Lipinski definition) is 0. The number of para-hydroxylation sites is 4. The fraction of sp³-hybridized carbons (Fsp3) is 0.0185.